The number of piperazine rings is 1. The van der Waals surface area contributed by atoms with Crippen molar-refractivity contribution in [3.63, 3.8) is 0 Å². The van der Waals surface area contributed by atoms with Crippen LogP contribution in [0.15, 0.2) is 54.6 Å². The number of aromatic nitrogens is 2. The number of fused-ring (bicyclic) bond motifs is 2. The maximum Gasteiger partial charge on any atom is 0.321 e. The van der Waals surface area contributed by atoms with E-state index in [1.54, 1.807) is 31.4 Å². The maximum absolute atomic E-state index is 14.3. The number of hydrogen-bond acceptors (Lipinski definition) is 5. The highest BCUT2D eigenvalue weighted by molar-refractivity contribution is 6.04. The van der Waals surface area contributed by atoms with E-state index in [0.29, 0.717) is 29.7 Å². The minimum absolute atomic E-state index is 0.0437. The van der Waals surface area contributed by atoms with Crippen molar-refractivity contribution in [1.29, 1.82) is 0 Å². The van der Waals surface area contributed by atoms with Gasteiger partial charge < -0.3 is 19.9 Å². The summed E-state index contributed by atoms with van der Waals surface area (Å²) in [6.07, 6.45) is 3.15. The summed E-state index contributed by atoms with van der Waals surface area (Å²) in [6, 6.07) is 18.0. The Morgan fingerprint density at radius 2 is 1.95 bits per heavy atom. The van der Waals surface area contributed by atoms with Crippen molar-refractivity contribution in [2.75, 3.05) is 32.1 Å². The highest BCUT2D eigenvalue weighted by Gasteiger charge is 2.48. The van der Waals surface area contributed by atoms with E-state index in [1.165, 1.54) is 12.0 Å². The van der Waals surface area contributed by atoms with Crippen LogP contribution in [-0.4, -0.2) is 75.7 Å². The van der Waals surface area contributed by atoms with Crippen molar-refractivity contribution < 1.29 is 14.3 Å². The minimum atomic E-state index is -0.595. The molecule has 3 aliphatic heterocycles. The van der Waals surface area contributed by atoms with E-state index in [1.807, 2.05) is 24.8 Å². The van der Waals surface area contributed by atoms with E-state index in [2.05, 4.69) is 49.6 Å². The van der Waals surface area contributed by atoms with Crippen molar-refractivity contribution in [2.45, 2.75) is 57.3 Å². The zero-order valence-corrected chi connectivity index (χ0v) is 22.8. The molecule has 0 radical (unpaired) electrons. The number of carbonyl (C=O) groups is 2. The summed E-state index contributed by atoms with van der Waals surface area (Å²) < 4.78 is 5.26. The Morgan fingerprint density at radius 1 is 1.13 bits per heavy atom. The second-order valence-corrected chi connectivity index (χ2v) is 11.3. The lowest BCUT2D eigenvalue weighted by molar-refractivity contribution is 0.0400. The Kier molecular flexibility index (Phi) is 6.54. The smallest absolute Gasteiger partial charge is 0.321 e. The predicted octanol–water partition coefficient (Wildman–Crippen LogP) is 4.23. The molecule has 2 N–H and O–H groups in total. The average Bonchev–Trinajstić information content (AvgIpc) is 3.64. The third kappa shape index (κ3) is 4.65. The lowest BCUT2D eigenvalue weighted by atomic mass is 9.99. The monoisotopic (exact) mass is 528 g/mol. The molecule has 2 atom stereocenters. The van der Waals surface area contributed by atoms with Gasteiger partial charge >= 0.3 is 6.03 Å². The summed E-state index contributed by atoms with van der Waals surface area (Å²) in [5.41, 5.74) is 2.84. The molecule has 0 aliphatic carbocycles. The third-order valence-corrected chi connectivity index (χ3v) is 8.62. The number of amides is 3. The van der Waals surface area contributed by atoms with Crippen LogP contribution in [-0.2, 0) is 18.5 Å². The Labute approximate surface area is 229 Å². The van der Waals surface area contributed by atoms with Crippen LogP contribution < -0.4 is 10.1 Å². The van der Waals surface area contributed by atoms with Crippen molar-refractivity contribution in [3.05, 3.63) is 77.0 Å². The van der Waals surface area contributed by atoms with Gasteiger partial charge in [-0.3, -0.25) is 14.8 Å². The van der Waals surface area contributed by atoms with Gasteiger partial charge in [0, 0.05) is 30.3 Å². The number of rotatable bonds is 5. The standard InChI is InChI=1S/C30H36N6O3/c1-30(2)26-25(27(33-32-26)31-28(37)21-11-7-13-24(16-21)39-3)19-36(30)29(38)35-18-22-12-8-14-34(22)17-23(35)15-20-9-5-4-6-10-20/h4-7,9-11,13,16,22-23H,8,12,14-15,17-19H2,1-3H3,(H2,31,32,33,37)/t22-,23-/m0/s1. The molecule has 204 valence electrons. The first kappa shape index (κ1) is 25.4. The molecule has 1 aromatic heterocycles. The minimum Gasteiger partial charge on any atom is -0.497 e. The fourth-order valence-corrected chi connectivity index (χ4v) is 6.41. The largest absolute Gasteiger partial charge is 0.497 e. The van der Waals surface area contributed by atoms with Crippen LogP contribution in [0.1, 0.15) is 53.9 Å². The average molecular weight is 529 g/mol. The number of benzene rings is 2. The lowest BCUT2D eigenvalue weighted by Gasteiger charge is -2.46. The van der Waals surface area contributed by atoms with E-state index in [9.17, 15) is 9.59 Å². The first-order chi connectivity index (χ1) is 18.8. The highest BCUT2D eigenvalue weighted by atomic mass is 16.5. The van der Waals surface area contributed by atoms with Crippen LogP contribution in [0.2, 0.25) is 0 Å². The maximum atomic E-state index is 14.3. The first-order valence-electron chi connectivity index (χ1n) is 13.7. The first-order valence-corrected chi connectivity index (χ1v) is 13.7. The lowest BCUT2D eigenvalue weighted by Crippen LogP contribution is -2.62. The third-order valence-electron chi connectivity index (χ3n) is 8.62. The molecule has 0 bridgehead atoms. The van der Waals surface area contributed by atoms with Crippen LogP contribution in [0.5, 0.6) is 5.75 Å². The second kappa shape index (κ2) is 10.0. The molecule has 2 aromatic carbocycles. The SMILES string of the molecule is COc1cccc(C(=O)Nc2n[nH]c3c2CN(C(=O)N2C[C@@H]4CCCN4C[C@@H]2Cc2ccccc2)C3(C)C)c1. The molecule has 3 aliphatic rings. The zero-order chi connectivity index (χ0) is 27.1. The number of hydrogen-bond donors (Lipinski definition) is 2. The van der Waals surface area contributed by atoms with Gasteiger partial charge in [-0.15, -0.1) is 0 Å². The fourth-order valence-electron chi connectivity index (χ4n) is 6.41. The summed E-state index contributed by atoms with van der Waals surface area (Å²) in [5.74, 6) is 0.800. The van der Waals surface area contributed by atoms with Crippen molar-refractivity contribution in [3.8, 4) is 5.75 Å². The summed E-state index contributed by atoms with van der Waals surface area (Å²) in [4.78, 5) is 33.9. The molecule has 6 rings (SSSR count). The molecule has 2 fully saturated rings. The highest BCUT2D eigenvalue weighted by Crippen LogP contribution is 2.42. The molecule has 3 amide bonds. The molecular formula is C30H36N6O3. The molecule has 0 unspecified atom stereocenters. The molecule has 2 saturated heterocycles. The van der Waals surface area contributed by atoms with Gasteiger partial charge in [-0.05, 0) is 63.4 Å². The van der Waals surface area contributed by atoms with Gasteiger partial charge in [0.15, 0.2) is 5.82 Å². The second-order valence-electron chi connectivity index (χ2n) is 11.3. The predicted molar refractivity (Wildman–Crippen MR) is 149 cm³/mol. The molecule has 9 nitrogen and oxygen atoms in total. The van der Waals surface area contributed by atoms with E-state index in [-0.39, 0.29) is 18.0 Å². The van der Waals surface area contributed by atoms with Gasteiger partial charge in [0.25, 0.3) is 5.91 Å². The molecule has 3 aromatic rings. The van der Waals surface area contributed by atoms with Crippen LogP contribution >= 0.6 is 0 Å². The van der Waals surface area contributed by atoms with Gasteiger partial charge in [-0.1, -0.05) is 36.4 Å². The normalized spacial score (nSPS) is 21.9. The number of anilines is 1. The molecule has 39 heavy (non-hydrogen) atoms. The number of nitrogens with zero attached hydrogens (tertiary/aromatic N) is 4. The number of carbonyl (C=O) groups excluding carboxylic acids is 2. The van der Waals surface area contributed by atoms with E-state index in [0.717, 1.165) is 43.7 Å². The van der Waals surface area contributed by atoms with E-state index in [4.69, 9.17) is 4.74 Å². The molecule has 0 saturated carbocycles. The number of nitrogens with one attached hydrogen (secondary N) is 2. The van der Waals surface area contributed by atoms with Crippen molar-refractivity contribution >= 4 is 17.8 Å². The van der Waals surface area contributed by atoms with Gasteiger partial charge in [0.1, 0.15) is 5.75 Å². The van der Waals surface area contributed by atoms with Gasteiger partial charge in [-0.2, -0.15) is 5.10 Å². The quantitative estimate of drug-likeness (QED) is 0.517. The van der Waals surface area contributed by atoms with Gasteiger partial charge in [0.05, 0.1) is 30.9 Å². The Balaban J connectivity index is 1.23. The van der Waals surface area contributed by atoms with Crippen LogP contribution in [0, 0.1) is 0 Å². The van der Waals surface area contributed by atoms with E-state index < -0.39 is 5.54 Å². The Hall–Kier alpha value is -3.85. The summed E-state index contributed by atoms with van der Waals surface area (Å²) in [7, 11) is 1.57. The Morgan fingerprint density at radius 3 is 2.74 bits per heavy atom. The zero-order valence-electron chi connectivity index (χ0n) is 22.8. The number of ether oxygens (including phenoxy) is 1. The summed E-state index contributed by atoms with van der Waals surface area (Å²) in [5, 5.41) is 10.5. The van der Waals surface area contributed by atoms with E-state index >= 15 is 0 Å². The number of methoxy groups -OCH3 is 1. The molecule has 0 spiro atoms. The van der Waals surface area contributed by atoms with Crippen LogP contribution in [0.3, 0.4) is 0 Å². The van der Waals surface area contributed by atoms with Gasteiger partial charge in [-0.25, -0.2) is 4.79 Å². The topological polar surface area (TPSA) is 93.8 Å². The number of aromatic amines is 1. The number of H-pyrrole nitrogens is 1. The van der Waals surface area contributed by atoms with Gasteiger partial charge in [0.2, 0.25) is 0 Å². The summed E-state index contributed by atoms with van der Waals surface area (Å²) in [6.45, 7) is 7.22. The molecule has 4 heterocycles. The number of urea groups is 1. The fraction of sp³-hybridized carbons (Fsp3) is 0.433. The van der Waals surface area contributed by atoms with Crippen molar-refractivity contribution in [2.24, 2.45) is 0 Å². The van der Waals surface area contributed by atoms with Crippen LogP contribution in [0.25, 0.3) is 0 Å². The molecular weight excluding hydrogens is 492 g/mol. The molecule has 9 heteroatoms. The van der Waals surface area contributed by atoms with Crippen LogP contribution in [0.4, 0.5) is 10.6 Å². The van der Waals surface area contributed by atoms with Crippen molar-refractivity contribution in [1.82, 2.24) is 24.9 Å². The Bertz CT molecular complexity index is 1370. The summed E-state index contributed by atoms with van der Waals surface area (Å²) >= 11 is 0.